The van der Waals surface area contributed by atoms with E-state index in [2.05, 4.69) is 16.9 Å². The number of hydrogen-bond acceptors (Lipinski definition) is 6. The molecule has 4 N–H and O–H groups in total. The molecule has 4 rings (SSSR count). The smallest absolute Gasteiger partial charge is 0.245 e. The van der Waals surface area contributed by atoms with Crippen LogP contribution in [-0.2, 0) is 9.59 Å². The molecule has 33 heavy (non-hydrogen) atoms. The van der Waals surface area contributed by atoms with Crippen LogP contribution in [-0.4, -0.2) is 53.9 Å². The van der Waals surface area contributed by atoms with E-state index in [1.54, 1.807) is 29.2 Å². The number of rotatable bonds is 8. The van der Waals surface area contributed by atoms with E-state index in [0.29, 0.717) is 42.5 Å². The quantitative estimate of drug-likeness (QED) is 0.427. The molecule has 0 aliphatic carbocycles. The van der Waals surface area contributed by atoms with Crippen LogP contribution in [0.3, 0.4) is 0 Å². The van der Waals surface area contributed by atoms with E-state index in [1.165, 1.54) is 6.08 Å². The molecular weight excluding hydrogens is 418 g/mol. The Morgan fingerprint density at radius 3 is 2.45 bits per heavy atom. The highest BCUT2D eigenvalue weighted by Gasteiger charge is 2.39. The van der Waals surface area contributed by atoms with Gasteiger partial charge in [-0.2, -0.15) is 0 Å². The number of benzene rings is 2. The lowest BCUT2D eigenvalue weighted by molar-refractivity contribution is -0.132. The lowest BCUT2D eigenvalue weighted by Crippen LogP contribution is -2.60. The average molecular weight is 446 g/mol. The zero-order valence-electron chi connectivity index (χ0n) is 18.2. The Labute approximate surface area is 192 Å². The van der Waals surface area contributed by atoms with Crippen LogP contribution in [0.1, 0.15) is 12.0 Å². The van der Waals surface area contributed by atoms with Crippen molar-refractivity contribution in [1.82, 2.24) is 10.2 Å². The number of likely N-dealkylation sites (tertiary alicyclic amines) is 1. The molecule has 0 aromatic heterocycles. The number of primary amides is 1. The highest BCUT2D eigenvalue weighted by molar-refractivity contribution is 6.25. The summed E-state index contributed by atoms with van der Waals surface area (Å²) in [5, 5.41) is 12.0. The monoisotopic (exact) mass is 445 g/mol. The van der Waals surface area contributed by atoms with Crippen molar-refractivity contribution in [3.05, 3.63) is 72.8 Å². The number of para-hydroxylation sites is 1. The lowest BCUT2D eigenvalue weighted by atomic mass is 9.86. The Balaban J connectivity index is 1.43. The summed E-state index contributed by atoms with van der Waals surface area (Å²) < 4.78 is 5.80. The Bertz CT molecular complexity index is 1070. The summed E-state index contributed by atoms with van der Waals surface area (Å²) in [7, 11) is 0. The van der Waals surface area contributed by atoms with Gasteiger partial charge in [-0.15, -0.1) is 0 Å². The van der Waals surface area contributed by atoms with Crippen LogP contribution in [0, 0.1) is 17.2 Å². The number of nitrogens with one attached hydrogen (secondary N) is 2. The van der Waals surface area contributed by atoms with Crippen LogP contribution >= 0.6 is 0 Å². The number of nitrogens with two attached hydrogens (primary N) is 1. The first kappa shape index (κ1) is 22.3. The van der Waals surface area contributed by atoms with Gasteiger partial charge in [-0.05, 0) is 54.5 Å². The van der Waals surface area contributed by atoms with Crippen molar-refractivity contribution in [1.29, 1.82) is 5.41 Å². The summed E-state index contributed by atoms with van der Waals surface area (Å²) >= 11 is 0. The molecule has 2 aliphatic heterocycles. The molecule has 2 aromatic rings. The second kappa shape index (κ2) is 9.68. The van der Waals surface area contributed by atoms with Gasteiger partial charge in [-0.1, -0.05) is 24.8 Å². The van der Waals surface area contributed by atoms with E-state index >= 15 is 0 Å². The number of amides is 2. The summed E-state index contributed by atoms with van der Waals surface area (Å²) in [5.41, 5.74) is 6.34. The molecule has 1 fully saturated rings. The Morgan fingerprint density at radius 1 is 1.15 bits per heavy atom. The third-order valence-corrected chi connectivity index (χ3v) is 6.01. The molecule has 2 unspecified atom stereocenters. The minimum Gasteiger partial charge on any atom is -0.457 e. The number of ether oxygens (including phenoxy) is 1. The number of aliphatic imine (C=N–C) groups is 1. The highest BCUT2D eigenvalue weighted by Crippen LogP contribution is 2.25. The van der Waals surface area contributed by atoms with E-state index in [-0.39, 0.29) is 23.6 Å². The van der Waals surface area contributed by atoms with Gasteiger partial charge >= 0.3 is 0 Å². The molecule has 8 heteroatoms. The molecule has 0 spiro atoms. The van der Waals surface area contributed by atoms with Gasteiger partial charge in [-0.3, -0.25) is 14.6 Å². The van der Waals surface area contributed by atoms with Gasteiger partial charge in [-0.25, -0.2) is 0 Å². The molecule has 0 radical (unpaired) electrons. The van der Waals surface area contributed by atoms with Crippen molar-refractivity contribution in [2.45, 2.75) is 12.5 Å². The summed E-state index contributed by atoms with van der Waals surface area (Å²) in [6.45, 7) is 5.34. The van der Waals surface area contributed by atoms with E-state index in [0.717, 1.165) is 6.42 Å². The summed E-state index contributed by atoms with van der Waals surface area (Å²) in [5.74, 6) is 0.343. The second-order valence-corrected chi connectivity index (χ2v) is 8.20. The fraction of sp³-hybridized carbons (Fsp3) is 0.280. The normalized spacial score (nSPS) is 18.8. The van der Waals surface area contributed by atoms with Crippen molar-refractivity contribution < 1.29 is 14.3 Å². The van der Waals surface area contributed by atoms with E-state index < -0.39 is 11.8 Å². The number of carbonyl (C=O) groups excluding carboxylic acids is 2. The largest absolute Gasteiger partial charge is 0.457 e. The standard InChI is InChI=1S/C25H27N5O3/c1-2-21(31)30-14-17(15-30)20-12-13-28-25(29-20)22(24(27)32)23(26)16-8-10-19(11-9-16)33-18-6-4-3-5-7-18/h2-11,17,20,22,26H,1,12-15H2,(H2,27,32)(H,28,29). The zero-order chi connectivity index (χ0) is 23.4. The predicted molar refractivity (Wildman–Crippen MR) is 127 cm³/mol. The fourth-order valence-electron chi connectivity index (χ4n) is 4.14. The number of hydrogen-bond donors (Lipinski definition) is 3. The third-order valence-electron chi connectivity index (χ3n) is 6.01. The molecule has 0 saturated carbocycles. The second-order valence-electron chi connectivity index (χ2n) is 8.20. The summed E-state index contributed by atoms with van der Waals surface area (Å²) in [4.78, 5) is 30.3. The molecule has 2 amide bonds. The molecular formula is C25H27N5O3. The average Bonchev–Trinajstić information content (AvgIpc) is 2.79. The number of nitrogens with zero attached hydrogens (tertiary/aromatic N) is 2. The molecule has 8 nitrogen and oxygen atoms in total. The van der Waals surface area contributed by atoms with Gasteiger partial charge in [0.15, 0.2) is 0 Å². The molecule has 0 bridgehead atoms. The van der Waals surface area contributed by atoms with Crippen molar-refractivity contribution in [2.75, 3.05) is 19.6 Å². The minimum absolute atomic E-state index is 0.0719. The molecule has 2 aromatic carbocycles. The Hall–Kier alpha value is -3.94. The minimum atomic E-state index is -0.973. The molecule has 2 heterocycles. The van der Waals surface area contributed by atoms with Crippen molar-refractivity contribution in [3.63, 3.8) is 0 Å². The van der Waals surface area contributed by atoms with E-state index in [1.807, 2.05) is 30.3 Å². The van der Waals surface area contributed by atoms with Crippen molar-refractivity contribution >= 4 is 23.4 Å². The van der Waals surface area contributed by atoms with Gasteiger partial charge in [0, 0.05) is 31.6 Å². The fourth-order valence-corrected chi connectivity index (χ4v) is 4.14. The molecule has 170 valence electrons. The van der Waals surface area contributed by atoms with Crippen LogP contribution in [0.2, 0.25) is 0 Å². The van der Waals surface area contributed by atoms with Crippen LogP contribution in [0.25, 0.3) is 0 Å². The number of carbonyl (C=O) groups is 2. The first-order valence-electron chi connectivity index (χ1n) is 10.9. The van der Waals surface area contributed by atoms with Crippen molar-refractivity contribution in [2.24, 2.45) is 22.6 Å². The van der Waals surface area contributed by atoms with Gasteiger partial charge < -0.3 is 26.1 Å². The SMILES string of the molecule is C=CC(=O)N1CC(C2CCN=C(C(C(=N)c3ccc(Oc4ccccc4)cc3)C(N)=O)N2)C1. The van der Waals surface area contributed by atoms with Gasteiger partial charge in [0.05, 0.1) is 5.71 Å². The Kier molecular flexibility index (Phi) is 6.53. The van der Waals surface area contributed by atoms with Gasteiger partial charge in [0.25, 0.3) is 0 Å². The first-order chi connectivity index (χ1) is 16.0. The van der Waals surface area contributed by atoms with Crippen LogP contribution in [0.4, 0.5) is 0 Å². The summed E-state index contributed by atoms with van der Waals surface area (Å²) in [6, 6.07) is 16.5. The van der Waals surface area contributed by atoms with Gasteiger partial charge in [0.2, 0.25) is 11.8 Å². The van der Waals surface area contributed by atoms with Crippen LogP contribution in [0.5, 0.6) is 11.5 Å². The molecule has 2 aliphatic rings. The molecule has 2 atom stereocenters. The topological polar surface area (TPSA) is 121 Å². The zero-order valence-corrected chi connectivity index (χ0v) is 18.2. The molecule has 1 saturated heterocycles. The maximum atomic E-state index is 12.3. The first-order valence-corrected chi connectivity index (χ1v) is 10.9. The van der Waals surface area contributed by atoms with E-state index in [9.17, 15) is 9.59 Å². The highest BCUT2D eigenvalue weighted by atomic mass is 16.5. The maximum Gasteiger partial charge on any atom is 0.245 e. The summed E-state index contributed by atoms with van der Waals surface area (Å²) in [6.07, 6.45) is 2.12. The van der Waals surface area contributed by atoms with Crippen LogP contribution < -0.4 is 15.8 Å². The Morgan fingerprint density at radius 2 is 1.82 bits per heavy atom. The maximum absolute atomic E-state index is 12.3. The van der Waals surface area contributed by atoms with Gasteiger partial charge in [0.1, 0.15) is 23.3 Å². The number of amidine groups is 1. The van der Waals surface area contributed by atoms with Crippen LogP contribution in [0.15, 0.2) is 72.2 Å². The van der Waals surface area contributed by atoms with E-state index in [4.69, 9.17) is 15.9 Å². The predicted octanol–water partition coefficient (Wildman–Crippen LogP) is 2.35. The van der Waals surface area contributed by atoms with Crippen molar-refractivity contribution in [3.8, 4) is 11.5 Å². The third kappa shape index (κ3) is 4.95. The lowest BCUT2D eigenvalue weighted by Gasteiger charge is -2.44.